The van der Waals surface area contributed by atoms with Gasteiger partial charge < -0.3 is 0 Å². The third kappa shape index (κ3) is 3.43. The van der Waals surface area contributed by atoms with Gasteiger partial charge in [-0.2, -0.15) is 0 Å². The normalized spacial score (nSPS) is 26.4. The number of pyridine rings is 1. The van der Waals surface area contributed by atoms with Gasteiger partial charge in [0.2, 0.25) is 0 Å². The Balaban J connectivity index is 1.58. The van der Waals surface area contributed by atoms with Crippen molar-refractivity contribution >= 4 is 17.0 Å². The van der Waals surface area contributed by atoms with Gasteiger partial charge in [-0.05, 0) is 54.6 Å². The summed E-state index contributed by atoms with van der Waals surface area (Å²) in [5, 5.41) is 2.14. The zero-order valence-electron chi connectivity index (χ0n) is 15.9. The van der Waals surface area contributed by atoms with Crippen LogP contribution in [0.1, 0.15) is 34.8 Å². The Kier molecular flexibility index (Phi) is 5.06. The number of aliphatic imine (C=N–C) groups is 1. The van der Waals surface area contributed by atoms with Crippen LogP contribution in [0.3, 0.4) is 0 Å². The molecule has 2 unspecified atom stereocenters. The van der Waals surface area contributed by atoms with Gasteiger partial charge in [-0.3, -0.25) is 14.9 Å². The largest absolute Gasteiger partial charge is 0.294 e. The van der Waals surface area contributed by atoms with Crippen molar-refractivity contribution in [1.29, 1.82) is 0 Å². The maximum atomic E-state index is 5.23. The minimum Gasteiger partial charge on any atom is -0.294 e. The molecule has 0 amide bonds. The molecule has 2 atom stereocenters. The van der Waals surface area contributed by atoms with Gasteiger partial charge in [0.25, 0.3) is 0 Å². The highest BCUT2D eigenvalue weighted by Gasteiger charge is 2.43. The number of thiophene rings is 1. The molecule has 28 heavy (non-hydrogen) atoms. The lowest BCUT2D eigenvalue weighted by Gasteiger charge is -2.49. The SMILES string of the molecule is c1ccc(C(c2cccnc2)C2/C(=N/Cc3cccs3)C3CCN2CC3)cc1. The number of hydrogen-bond donors (Lipinski definition) is 0. The highest BCUT2D eigenvalue weighted by atomic mass is 32.1. The van der Waals surface area contributed by atoms with Crippen LogP contribution in [0.25, 0.3) is 0 Å². The summed E-state index contributed by atoms with van der Waals surface area (Å²) >= 11 is 1.80. The maximum Gasteiger partial charge on any atom is 0.0732 e. The molecule has 4 heteroatoms. The zero-order valence-corrected chi connectivity index (χ0v) is 16.8. The summed E-state index contributed by atoms with van der Waals surface area (Å²) in [6, 6.07) is 19.9. The molecule has 0 spiro atoms. The summed E-state index contributed by atoms with van der Waals surface area (Å²) in [6.45, 7) is 3.16. The number of benzene rings is 1. The van der Waals surface area contributed by atoms with E-state index < -0.39 is 0 Å². The van der Waals surface area contributed by atoms with E-state index in [2.05, 4.69) is 69.9 Å². The Hall–Kier alpha value is -2.30. The summed E-state index contributed by atoms with van der Waals surface area (Å²) in [5.74, 6) is 0.901. The number of hydrogen-bond acceptors (Lipinski definition) is 4. The smallest absolute Gasteiger partial charge is 0.0732 e. The summed E-state index contributed by atoms with van der Waals surface area (Å²) in [4.78, 5) is 13.7. The van der Waals surface area contributed by atoms with Crippen molar-refractivity contribution in [3.8, 4) is 0 Å². The lowest BCUT2D eigenvalue weighted by atomic mass is 9.72. The molecule has 5 heterocycles. The summed E-state index contributed by atoms with van der Waals surface area (Å²) in [6.07, 6.45) is 6.39. The first kappa shape index (κ1) is 17.8. The van der Waals surface area contributed by atoms with Gasteiger partial charge in [0.05, 0.1) is 12.6 Å². The molecule has 0 radical (unpaired) electrons. The second-order valence-electron chi connectivity index (χ2n) is 7.75. The molecule has 3 nitrogen and oxygen atoms in total. The van der Waals surface area contributed by atoms with Crippen LogP contribution in [0.2, 0.25) is 0 Å². The van der Waals surface area contributed by atoms with E-state index in [9.17, 15) is 0 Å². The fraction of sp³-hybridized carbons (Fsp3) is 0.333. The standard InChI is InChI=1S/C24H25N3S/c1-2-6-18(7-3-1)22(20-8-4-12-25-16-20)24-23(19-10-13-27(24)14-11-19)26-17-21-9-5-15-28-21/h1-9,12,15-16,19,22,24H,10-11,13-14,17H2/b26-23+. The topological polar surface area (TPSA) is 28.5 Å². The summed E-state index contributed by atoms with van der Waals surface area (Å²) in [5.41, 5.74) is 4.05. The summed E-state index contributed by atoms with van der Waals surface area (Å²) < 4.78 is 0. The van der Waals surface area contributed by atoms with Gasteiger partial charge in [-0.15, -0.1) is 11.3 Å². The number of nitrogens with zero attached hydrogens (tertiary/aromatic N) is 3. The fourth-order valence-electron chi connectivity index (χ4n) is 4.86. The molecule has 2 bridgehead atoms. The Morgan fingerprint density at radius 1 is 1.00 bits per heavy atom. The predicted molar refractivity (Wildman–Crippen MR) is 116 cm³/mol. The molecule has 6 rings (SSSR count). The van der Waals surface area contributed by atoms with Gasteiger partial charge in [-0.25, -0.2) is 0 Å². The fourth-order valence-corrected chi connectivity index (χ4v) is 5.48. The molecule has 3 fully saturated rings. The van der Waals surface area contributed by atoms with Gasteiger partial charge in [0.1, 0.15) is 0 Å². The van der Waals surface area contributed by atoms with Gasteiger partial charge in [-0.1, -0.05) is 42.5 Å². The van der Waals surface area contributed by atoms with Crippen molar-refractivity contribution < 1.29 is 0 Å². The first-order valence-electron chi connectivity index (χ1n) is 10.2. The van der Waals surface area contributed by atoms with Crippen LogP contribution >= 0.6 is 11.3 Å². The Morgan fingerprint density at radius 2 is 1.82 bits per heavy atom. The van der Waals surface area contributed by atoms with Crippen molar-refractivity contribution in [2.45, 2.75) is 31.3 Å². The molecule has 0 N–H and O–H groups in total. The molecule has 3 aliphatic rings. The average molecular weight is 388 g/mol. The van der Waals surface area contributed by atoms with E-state index in [1.165, 1.54) is 47.6 Å². The summed E-state index contributed by atoms with van der Waals surface area (Å²) in [7, 11) is 0. The lowest BCUT2D eigenvalue weighted by Crippen LogP contribution is -2.58. The van der Waals surface area contributed by atoms with Crippen molar-refractivity contribution in [3.05, 3.63) is 88.4 Å². The highest BCUT2D eigenvalue weighted by Crippen LogP contribution is 2.40. The average Bonchev–Trinajstić information content (AvgIpc) is 3.29. The van der Waals surface area contributed by atoms with E-state index in [1.807, 2.05) is 12.4 Å². The van der Waals surface area contributed by atoms with E-state index in [0.717, 1.165) is 6.54 Å². The molecule has 142 valence electrons. The Labute approximate surface area is 170 Å². The monoisotopic (exact) mass is 387 g/mol. The molecule has 2 aromatic heterocycles. The van der Waals surface area contributed by atoms with Crippen molar-refractivity contribution in [1.82, 2.24) is 9.88 Å². The zero-order chi connectivity index (χ0) is 18.8. The van der Waals surface area contributed by atoms with E-state index in [4.69, 9.17) is 4.99 Å². The molecular formula is C24H25N3S. The van der Waals surface area contributed by atoms with Gasteiger partial charge in [0.15, 0.2) is 0 Å². The minimum absolute atomic E-state index is 0.278. The number of aromatic nitrogens is 1. The van der Waals surface area contributed by atoms with Crippen LogP contribution in [0.15, 0.2) is 77.4 Å². The number of piperidine rings is 3. The van der Waals surface area contributed by atoms with E-state index >= 15 is 0 Å². The Bertz CT molecular complexity index is 874. The number of fused-ring (bicyclic) bond motifs is 3. The lowest BCUT2D eigenvalue weighted by molar-refractivity contribution is 0.135. The number of rotatable bonds is 5. The van der Waals surface area contributed by atoms with E-state index in [0.29, 0.717) is 12.0 Å². The molecule has 3 aromatic rings. The van der Waals surface area contributed by atoms with Crippen molar-refractivity contribution in [2.24, 2.45) is 10.9 Å². The van der Waals surface area contributed by atoms with Crippen LogP contribution in [-0.4, -0.2) is 34.7 Å². The quantitative estimate of drug-likeness (QED) is 0.616. The predicted octanol–water partition coefficient (Wildman–Crippen LogP) is 5.01. The Morgan fingerprint density at radius 3 is 2.54 bits per heavy atom. The maximum absolute atomic E-state index is 5.23. The van der Waals surface area contributed by atoms with Crippen LogP contribution in [0.4, 0.5) is 0 Å². The molecule has 3 aliphatic heterocycles. The van der Waals surface area contributed by atoms with E-state index in [-0.39, 0.29) is 5.92 Å². The molecule has 0 aliphatic carbocycles. The van der Waals surface area contributed by atoms with Crippen LogP contribution < -0.4 is 0 Å². The third-order valence-corrected chi connectivity index (χ3v) is 7.02. The van der Waals surface area contributed by atoms with Crippen molar-refractivity contribution in [3.63, 3.8) is 0 Å². The molecule has 0 saturated carbocycles. The highest BCUT2D eigenvalue weighted by molar-refractivity contribution is 7.09. The van der Waals surface area contributed by atoms with Gasteiger partial charge in [0, 0.05) is 34.8 Å². The molecule has 3 saturated heterocycles. The van der Waals surface area contributed by atoms with Crippen LogP contribution in [-0.2, 0) is 6.54 Å². The molecular weight excluding hydrogens is 362 g/mol. The van der Waals surface area contributed by atoms with Crippen molar-refractivity contribution in [2.75, 3.05) is 13.1 Å². The van der Waals surface area contributed by atoms with Crippen LogP contribution in [0, 0.1) is 5.92 Å². The second-order valence-corrected chi connectivity index (χ2v) is 8.78. The first-order valence-corrected chi connectivity index (χ1v) is 11.0. The molecule has 1 aromatic carbocycles. The van der Waals surface area contributed by atoms with E-state index in [1.54, 1.807) is 11.3 Å². The first-order chi connectivity index (χ1) is 13.9. The van der Waals surface area contributed by atoms with Crippen LogP contribution in [0.5, 0.6) is 0 Å². The second kappa shape index (κ2) is 7.98. The third-order valence-electron chi connectivity index (χ3n) is 6.16. The minimum atomic E-state index is 0.278. The van der Waals surface area contributed by atoms with Gasteiger partial charge >= 0.3 is 0 Å².